The lowest BCUT2D eigenvalue weighted by Crippen LogP contribution is -2.38. The zero-order valence-corrected chi connectivity index (χ0v) is 17.6. The van der Waals surface area contributed by atoms with Gasteiger partial charge in [0.15, 0.2) is 0 Å². The number of nitrogens with one attached hydrogen (secondary N) is 1. The van der Waals surface area contributed by atoms with Gasteiger partial charge in [0.05, 0.1) is 10.6 Å². The smallest absolute Gasteiger partial charge is 0.263 e. The summed E-state index contributed by atoms with van der Waals surface area (Å²) in [6.45, 7) is 4.06. The van der Waals surface area contributed by atoms with Crippen LogP contribution in [-0.4, -0.2) is 43.4 Å². The standard InChI is InChI=1S/C22H22N4O3S/c1-15-5-3-7-17(11-15)21(27)25-22-23-13-18-14-26(10-9-20(18)24-22)30(28,29)19-8-4-6-16(2)12-19/h3-8,11-14,22H,9-10H2,1-2H3,(H,25,27). The second-order valence-corrected chi connectivity index (χ2v) is 9.23. The van der Waals surface area contributed by atoms with Crippen LogP contribution in [0, 0.1) is 13.8 Å². The molecule has 2 aliphatic heterocycles. The van der Waals surface area contributed by atoms with E-state index < -0.39 is 16.3 Å². The Hall–Kier alpha value is -3.26. The highest BCUT2D eigenvalue weighted by atomic mass is 32.2. The third kappa shape index (κ3) is 4.04. The third-order valence-corrected chi connectivity index (χ3v) is 6.71. The van der Waals surface area contributed by atoms with Gasteiger partial charge in [-0.25, -0.2) is 18.4 Å². The Balaban J connectivity index is 1.51. The number of benzene rings is 2. The Morgan fingerprint density at radius 2 is 1.83 bits per heavy atom. The number of aliphatic imine (C=N–C) groups is 2. The second kappa shape index (κ2) is 7.87. The summed E-state index contributed by atoms with van der Waals surface area (Å²) < 4.78 is 27.2. The van der Waals surface area contributed by atoms with Crippen LogP contribution >= 0.6 is 0 Å². The summed E-state index contributed by atoms with van der Waals surface area (Å²) in [5, 5.41) is 2.79. The number of carbonyl (C=O) groups is 1. The molecule has 1 amide bonds. The summed E-state index contributed by atoms with van der Waals surface area (Å²) in [6, 6.07) is 14.1. The fraction of sp³-hybridized carbons (Fsp3) is 0.227. The molecule has 8 heteroatoms. The molecule has 2 aromatic rings. The highest BCUT2D eigenvalue weighted by Crippen LogP contribution is 2.23. The highest BCUT2D eigenvalue weighted by Gasteiger charge is 2.28. The van der Waals surface area contributed by atoms with Gasteiger partial charge >= 0.3 is 0 Å². The minimum Gasteiger partial charge on any atom is -0.312 e. The normalized spacial score (nSPS) is 18.3. The predicted molar refractivity (Wildman–Crippen MR) is 116 cm³/mol. The molecule has 2 aliphatic rings. The Kier molecular flexibility index (Phi) is 5.26. The molecule has 4 rings (SSSR count). The molecule has 1 N–H and O–H groups in total. The van der Waals surface area contributed by atoms with Gasteiger partial charge in [0, 0.05) is 36.5 Å². The minimum atomic E-state index is -3.64. The van der Waals surface area contributed by atoms with Crippen LogP contribution in [0.5, 0.6) is 0 Å². The van der Waals surface area contributed by atoms with Crippen molar-refractivity contribution in [2.75, 3.05) is 6.54 Å². The lowest BCUT2D eigenvalue weighted by Gasteiger charge is -2.28. The van der Waals surface area contributed by atoms with Gasteiger partial charge in [-0.15, -0.1) is 0 Å². The van der Waals surface area contributed by atoms with Crippen molar-refractivity contribution in [1.29, 1.82) is 0 Å². The predicted octanol–water partition coefficient (Wildman–Crippen LogP) is 2.82. The van der Waals surface area contributed by atoms with Gasteiger partial charge in [-0.1, -0.05) is 29.8 Å². The molecule has 0 spiro atoms. The summed E-state index contributed by atoms with van der Waals surface area (Å²) in [5.41, 5.74) is 3.79. The van der Waals surface area contributed by atoms with Crippen LogP contribution in [0.3, 0.4) is 0 Å². The van der Waals surface area contributed by atoms with E-state index in [4.69, 9.17) is 0 Å². The van der Waals surface area contributed by atoms with Gasteiger partial charge in [-0.3, -0.25) is 9.10 Å². The van der Waals surface area contributed by atoms with Crippen LogP contribution in [0.2, 0.25) is 0 Å². The van der Waals surface area contributed by atoms with E-state index in [-0.39, 0.29) is 17.3 Å². The maximum absolute atomic E-state index is 12.9. The highest BCUT2D eigenvalue weighted by molar-refractivity contribution is 7.89. The Morgan fingerprint density at radius 3 is 2.57 bits per heavy atom. The number of sulfonamides is 1. The summed E-state index contributed by atoms with van der Waals surface area (Å²) >= 11 is 0. The van der Waals surface area contributed by atoms with Gasteiger partial charge in [0.1, 0.15) is 0 Å². The monoisotopic (exact) mass is 422 g/mol. The third-order valence-electron chi connectivity index (χ3n) is 4.95. The van der Waals surface area contributed by atoms with Crippen LogP contribution in [0.15, 0.2) is 75.2 Å². The first kappa shape index (κ1) is 20.0. The number of hydrogen-bond acceptors (Lipinski definition) is 5. The molecular weight excluding hydrogens is 400 g/mol. The van der Waals surface area contributed by atoms with Gasteiger partial charge < -0.3 is 5.32 Å². The molecule has 30 heavy (non-hydrogen) atoms. The van der Waals surface area contributed by atoms with E-state index in [9.17, 15) is 13.2 Å². The van der Waals surface area contributed by atoms with Crippen molar-refractivity contribution in [3.63, 3.8) is 0 Å². The van der Waals surface area contributed by atoms with Gasteiger partial charge in [-0.05, 0) is 43.7 Å². The van der Waals surface area contributed by atoms with Crippen LogP contribution in [0.4, 0.5) is 0 Å². The van der Waals surface area contributed by atoms with Crippen LogP contribution in [0.25, 0.3) is 0 Å². The average molecular weight is 423 g/mol. The first-order valence-corrected chi connectivity index (χ1v) is 11.0. The number of aryl methyl sites for hydroxylation is 2. The molecular formula is C22H22N4O3S. The van der Waals surface area contributed by atoms with E-state index in [2.05, 4.69) is 15.3 Å². The average Bonchev–Trinajstić information content (AvgIpc) is 2.73. The fourth-order valence-corrected chi connectivity index (χ4v) is 4.83. The lowest BCUT2D eigenvalue weighted by atomic mass is 10.1. The van der Waals surface area contributed by atoms with Gasteiger partial charge in [-0.2, -0.15) is 0 Å². The van der Waals surface area contributed by atoms with Crippen LogP contribution < -0.4 is 5.32 Å². The zero-order chi connectivity index (χ0) is 21.3. The lowest BCUT2D eigenvalue weighted by molar-refractivity contribution is 0.0940. The molecule has 2 heterocycles. The molecule has 7 nitrogen and oxygen atoms in total. The van der Waals surface area contributed by atoms with Gasteiger partial charge in [0.2, 0.25) is 6.29 Å². The Morgan fingerprint density at radius 1 is 1.10 bits per heavy atom. The van der Waals surface area contributed by atoms with E-state index in [0.717, 1.165) is 16.8 Å². The summed E-state index contributed by atoms with van der Waals surface area (Å²) in [6.07, 6.45) is 2.86. The maximum atomic E-state index is 12.9. The fourth-order valence-electron chi connectivity index (χ4n) is 3.39. The first-order valence-electron chi connectivity index (χ1n) is 9.61. The van der Waals surface area contributed by atoms with Crippen molar-refractivity contribution in [2.45, 2.75) is 31.5 Å². The zero-order valence-electron chi connectivity index (χ0n) is 16.7. The topological polar surface area (TPSA) is 91.2 Å². The van der Waals surface area contributed by atoms with E-state index in [1.54, 1.807) is 42.7 Å². The van der Waals surface area contributed by atoms with Crippen molar-refractivity contribution in [3.8, 4) is 0 Å². The summed E-state index contributed by atoms with van der Waals surface area (Å²) in [5.74, 6) is -0.253. The molecule has 0 aromatic heterocycles. The molecule has 0 aliphatic carbocycles. The number of amides is 1. The first-order chi connectivity index (χ1) is 14.3. The molecule has 0 bridgehead atoms. The van der Waals surface area contributed by atoms with Gasteiger partial charge in [0.25, 0.3) is 15.9 Å². The molecule has 0 fully saturated rings. The Labute approximate surface area is 175 Å². The number of carbonyl (C=O) groups excluding carboxylic acids is 1. The van der Waals surface area contributed by atoms with E-state index in [0.29, 0.717) is 17.6 Å². The summed E-state index contributed by atoms with van der Waals surface area (Å²) in [7, 11) is -3.64. The van der Waals surface area contributed by atoms with E-state index in [1.807, 2.05) is 32.0 Å². The van der Waals surface area contributed by atoms with Crippen molar-refractivity contribution in [3.05, 3.63) is 77.0 Å². The summed E-state index contributed by atoms with van der Waals surface area (Å²) in [4.78, 5) is 21.5. The van der Waals surface area contributed by atoms with Crippen molar-refractivity contribution in [2.24, 2.45) is 9.98 Å². The molecule has 2 aromatic carbocycles. The number of nitrogens with zero attached hydrogens (tertiary/aromatic N) is 3. The molecule has 0 saturated heterocycles. The molecule has 0 saturated carbocycles. The maximum Gasteiger partial charge on any atom is 0.263 e. The van der Waals surface area contributed by atoms with Crippen molar-refractivity contribution in [1.82, 2.24) is 9.62 Å². The number of hydrogen-bond donors (Lipinski definition) is 1. The second-order valence-electron chi connectivity index (χ2n) is 7.34. The quantitative estimate of drug-likeness (QED) is 0.821. The minimum absolute atomic E-state index is 0.253. The van der Waals surface area contributed by atoms with Crippen molar-refractivity contribution >= 4 is 27.9 Å². The number of rotatable bonds is 4. The molecule has 1 unspecified atom stereocenters. The van der Waals surface area contributed by atoms with Crippen LogP contribution in [0.1, 0.15) is 27.9 Å². The SMILES string of the molecule is Cc1cccc(C(=O)NC2N=CC3=CN(S(=O)(=O)c4cccc(C)c4)CCC3=N2)c1. The largest absolute Gasteiger partial charge is 0.312 e. The van der Waals surface area contributed by atoms with E-state index >= 15 is 0 Å². The van der Waals surface area contributed by atoms with E-state index in [1.165, 1.54) is 4.31 Å². The van der Waals surface area contributed by atoms with Crippen molar-refractivity contribution < 1.29 is 13.2 Å². The molecule has 1 atom stereocenters. The number of allylic oxidation sites excluding steroid dienone is 1. The Bertz CT molecular complexity index is 1200. The van der Waals surface area contributed by atoms with Crippen LogP contribution in [-0.2, 0) is 10.0 Å². The molecule has 154 valence electrons. The molecule has 0 radical (unpaired) electrons. The number of fused-ring (bicyclic) bond motifs is 1.